The molecular formula is C12H14F2N2O2. The third kappa shape index (κ3) is 2.48. The lowest BCUT2D eigenvalue weighted by Gasteiger charge is -2.37. The highest BCUT2D eigenvalue weighted by atomic mass is 19.3. The third-order valence-electron chi connectivity index (χ3n) is 3.51. The summed E-state index contributed by atoms with van der Waals surface area (Å²) in [6, 6.07) is 5.94. The number of halogens is 2. The minimum atomic E-state index is -2.66. The number of benzene rings is 1. The summed E-state index contributed by atoms with van der Waals surface area (Å²) in [6.45, 7) is 0. The van der Waals surface area contributed by atoms with Gasteiger partial charge in [-0.2, -0.15) is 0 Å². The van der Waals surface area contributed by atoms with Crippen LogP contribution < -0.4 is 5.73 Å². The Kier molecular flexibility index (Phi) is 3.06. The predicted octanol–water partition coefficient (Wildman–Crippen LogP) is 2.96. The van der Waals surface area contributed by atoms with Crippen LogP contribution in [-0.4, -0.2) is 10.8 Å². The maximum absolute atomic E-state index is 13.1. The van der Waals surface area contributed by atoms with Gasteiger partial charge in [-0.1, -0.05) is 12.1 Å². The molecule has 98 valence electrons. The number of non-ortho nitro benzene ring substituents is 1. The fourth-order valence-corrected chi connectivity index (χ4v) is 2.28. The van der Waals surface area contributed by atoms with Gasteiger partial charge in [0.25, 0.3) is 5.69 Å². The number of rotatable bonds is 2. The molecule has 18 heavy (non-hydrogen) atoms. The number of nitrogens with zero attached hydrogens (tertiary/aromatic N) is 1. The fourth-order valence-electron chi connectivity index (χ4n) is 2.28. The van der Waals surface area contributed by atoms with E-state index >= 15 is 0 Å². The summed E-state index contributed by atoms with van der Waals surface area (Å²) >= 11 is 0. The first-order chi connectivity index (χ1) is 8.32. The van der Waals surface area contributed by atoms with Crippen LogP contribution in [0.1, 0.15) is 31.2 Å². The first-order valence-corrected chi connectivity index (χ1v) is 5.74. The summed E-state index contributed by atoms with van der Waals surface area (Å²) in [5.74, 6) is -2.66. The van der Waals surface area contributed by atoms with Gasteiger partial charge in [0.2, 0.25) is 5.92 Å². The van der Waals surface area contributed by atoms with Crippen LogP contribution in [0.25, 0.3) is 0 Å². The van der Waals surface area contributed by atoms with E-state index in [-0.39, 0.29) is 31.4 Å². The van der Waals surface area contributed by atoms with Crippen LogP contribution in [0, 0.1) is 10.1 Å². The minimum Gasteiger partial charge on any atom is -0.321 e. The summed E-state index contributed by atoms with van der Waals surface area (Å²) in [6.07, 6.45) is -0.263. The fraction of sp³-hybridized carbons (Fsp3) is 0.500. The van der Waals surface area contributed by atoms with Gasteiger partial charge in [-0.25, -0.2) is 8.78 Å². The first kappa shape index (κ1) is 12.9. The van der Waals surface area contributed by atoms with Crippen molar-refractivity contribution < 1.29 is 13.7 Å². The SMILES string of the molecule is NC1(c2cccc([N+](=O)[O-])c2)CCC(F)(F)CC1. The van der Waals surface area contributed by atoms with Crippen LogP contribution in [0.2, 0.25) is 0 Å². The highest BCUT2D eigenvalue weighted by Gasteiger charge is 2.42. The molecule has 0 atom stereocenters. The molecule has 1 fully saturated rings. The van der Waals surface area contributed by atoms with Crippen molar-refractivity contribution in [3.8, 4) is 0 Å². The molecule has 0 heterocycles. The van der Waals surface area contributed by atoms with Gasteiger partial charge in [0.1, 0.15) is 0 Å². The molecule has 1 aromatic carbocycles. The standard InChI is InChI=1S/C12H14F2N2O2/c13-12(14)6-4-11(15,5-7-12)9-2-1-3-10(8-9)16(17)18/h1-3,8H,4-7,15H2. The number of hydrogen-bond acceptors (Lipinski definition) is 3. The van der Waals surface area contributed by atoms with Crippen molar-refractivity contribution in [2.45, 2.75) is 37.1 Å². The van der Waals surface area contributed by atoms with Crippen molar-refractivity contribution in [2.24, 2.45) is 5.73 Å². The molecule has 4 nitrogen and oxygen atoms in total. The smallest absolute Gasteiger partial charge is 0.269 e. The van der Waals surface area contributed by atoms with Crippen LogP contribution >= 0.6 is 0 Å². The Morgan fingerprint density at radius 1 is 1.22 bits per heavy atom. The average molecular weight is 256 g/mol. The lowest BCUT2D eigenvalue weighted by atomic mass is 9.76. The Labute approximate surface area is 103 Å². The van der Waals surface area contributed by atoms with E-state index in [1.54, 1.807) is 6.07 Å². The summed E-state index contributed by atoms with van der Waals surface area (Å²) in [5, 5.41) is 10.7. The third-order valence-corrected chi connectivity index (χ3v) is 3.51. The van der Waals surface area contributed by atoms with E-state index in [0.29, 0.717) is 5.56 Å². The van der Waals surface area contributed by atoms with Crippen LogP contribution in [-0.2, 0) is 5.54 Å². The van der Waals surface area contributed by atoms with E-state index in [1.165, 1.54) is 18.2 Å². The zero-order valence-electron chi connectivity index (χ0n) is 9.73. The predicted molar refractivity (Wildman–Crippen MR) is 62.4 cm³/mol. The number of nitro benzene ring substituents is 1. The summed E-state index contributed by atoms with van der Waals surface area (Å²) in [7, 11) is 0. The van der Waals surface area contributed by atoms with Gasteiger partial charge in [-0.05, 0) is 18.4 Å². The Morgan fingerprint density at radius 2 is 1.83 bits per heavy atom. The highest BCUT2D eigenvalue weighted by Crippen LogP contribution is 2.42. The molecule has 1 aliphatic carbocycles. The highest BCUT2D eigenvalue weighted by molar-refractivity contribution is 5.38. The summed E-state index contributed by atoms with van der Waals surface area (Å²) in [5.41, 5.74) is 5.74. The van der Waals surface area contributed by atoms with Crippen molar-refractivity contribution in [1.82, 2.24) is 0 Å². The topological polar surface area (TPSA) is 69.2 Å². The maximum Gasteiger partial charge on any atom is 0.269 e. The molecule has 1 aromatic rings. The van der Waals surface area contributed by atoms with Crippen molar-refractivity contribution in [3.05, 3.63) is 39.9 Å². The molecule has 1 aliphatic rings. The Morgan fingerprint density at radius 3 is 2.39 bits per heavy atom. The quantitative estimate of drug-likeness (QED) is 0.653. The molecule has 0 amide bonds. The van der Waals surface area contributed by atoms with E-state index in [4.69, 9.17) is 5.73 Å². The van der Waals surface area contributed by atoms with Crippen molar-refractivity contribution in [3.63, 3.8) is 0 Å². The molecular weight excluding hydrogens is 242 g/mol. The number of nitrogens with two attached hydrogens (primary N) is 1. The zero-order valence-corrected chi connectivity index (χ0v) is 9.73. The minimum absolute atomic E-state index is 0.0605. The van der Waals surface area contributed by atoms with Gasteiger partial charge in [-0.15, -0.1) is 0 Å². The summed E-state index contributed by atoms with van der Waals surface area (Å²) < 4.78 is 26.2. The van der Waals surface area contributed by atoms with E-state index in [9.17, 15) is 18.9 Å². The molecule has 0 unspecified atom stereocenters. The molecule has 0 aliphatic heterocycles. The van der Waals surface area contributed by atoms with Crippen LogP contribution in [0.5, 0.6) is 0 Å². The second-order valence-corrected chi connectivity index (χ2v) is 4.82. The molecule has 1 saturated carbocycles. The Balaban J connectivity index is 2.26. The van der Waals surface area contributed by atoms with Crippen molar-refractivity contribution in [1.29, 1.82) is 0 Å². The molecule has 0 aromatic heterocycles. The molecule has 6 heteroatoms. The normalized spacial score (nSPS) is 21.5. The maximum atomic E-state index is 13.1. The molecule has 0 radical (unpaired) electrons. The van der Waals surface area contributed by atoms with Crippen molar-refractivity contribution >= 4 is 5.69 Å². The van der Waals surface area contributed by atoms with E-state index in [1.807, 2.05) is 0 Å². The zero-order chi connectivity index (χ0) is 13.4. The Hall–Kier alpha value is -1.56. The molecule has 0 bridgehead atoms. The van der Waals surface area contributed by atoms with Crippen LogP contribution in [0.3, 0.4) is 0 Å². The monoisotopic (exact) mass is 256 g/mol. The van der Waals surface area contributed by atoms with Gasteiger partial charge < -0.3 is 5.73 Å². The molecule has 2 rings (SSSR count). The van der Waals surface area contributed by atoms with Gasteiger partial charge in [0.15, 0.2) is 0 Å². The van der Waals surface area contributed by atoms with Gasteiger partial charge in [0.05, 0.1) is 4.92 Å². The molecule has 0 spiro atoms. The lowest BCUT2D eigenvalue weighted by Crippen LogP contribution is -2.43. The second kappa shape index (κ2) is 4.28. The summed E-state index contributed by atoms with van der Waals surface area (Å²) in [4.78, 5) is 10.2. The Bertz CT molecular complexity index is 467. The van der Waals surface area contributed by atoms with Crippen molar-refractivity contribution in [2.75, 3.05) is 0 Å². The van der Waals surface area contributed by atoms with Gasteiger partial charge in [-0.3, -0.25) is 10.1 Å². The average Bonchev–Trinajstić information content (AvgIpc) is 2.34. The number of nitro groups is 1. The molecule has 2 N–H and O–H groups in total. The van der Waals surface area contributed by atoms with E-state index in [0.717, 1.165) is 0 Å². The second-order valence-electron chi connectivity index (χ2n) is 4.82. The van der Waals surface area contributed by atoms with Crippen LogP contribution in [0.15, 0.2) is 24.3 Å². The van der Waals surface area contributed by atoms with Gasteiger partial charge in [0, 0.05) is 30.5 Å². The van der Waals surface area contributed by atoms with E-state index in [2.05, 4.69) is 0 Å². The lowest BCUT2D eigenvalue weighted by molar-refractivity contribution is -0.385. The first-order valence-electron chi connectivity index (χ1n) is 5.74. The molecule has 0 saturated heterocycles. The number of hydrogen-bond donors (Lipinski definition) is 1. The van der Waals surface area contributed by atoms with Gasteiger partial charge >= 0.3 is 0 Å². The largest absolute Gasteiger partial charge is 0.321 e. The van der Waals surface area contributed by atoms with Crippen LogP contribution in [0.4, 0.5) is 14.5 Å². The van der Waals surface area contributed by atoms with E-state index < -0.39 is 16.4 Å². The number of alkyl halides is 2.